The first-order valence-corrected chi connectivity index (χ1v) is 13.3. The Morgan fingerprint density at radius 3 is 1.66 bits per heavy atom. The van der Waals surface area contributed by atoms with E-state index >= 15 is 0 Å². The zero-order valence-corrected chi connectivity index (χ0v) is 21.1. The van der Waals surface area contributed by atoms with Crippen LogP contribution >= 0.6 is 12.6 Å². The van der Waals surface area contributed by atoms with Crippen LogP contribution in [0.5, 0.6) is 0 Å². The minimum atomic E-state index is -1.70. The average molecular weight is 529 g/mol. The maximum absolute atomic E-state index is 10.6. The van der Waals surface area contributed by atoms with E-state index in [4.69, 9.17) is 18.9 Å². The number of aliphatic hydroxyl groups excluding tert-OH is 7. The highest BCUT2D eigenvalue weighted by Crippen LogP contribution is 2.29. The minimum Gasteiger partial charge on any atom is -0.394 e. The average Bonchev–Trinajstić information content (AvgIpc) is 2.86. The molecule has 2 fully saturated rings. The van der Waals surface area contributed by atoms with Gasteiger partial charge in [-0.1, -0.05) is 44.9 Å². The lowest BCUT2D eigenvalue weighted by Gasteiger charge is -2.45. The second-order valence-electron chi connectivity index (χ2n) is 9.28. The summed E-state index contributed by atoms with van der Waals surface area (Å²) < 4.78 is 22.0. The molecule has 2 saturated heterocycles. The van der Waals surface area contributed by atoms with E-state index in [2.05, 4.69) is 12.6 Å². The number of ether oxygens (including phenoxy) is 4. The van der Waals surface area contributed by atoms with Crippen molar-refractivity contribution < 1.29 is 54.7 Å². The van der Waals surface area contributed by atoms with Gasteiger partial charge in [-0.05, 0) is 18.6 Å². The number of thiol groups is 1. The van der Waals surface area contributed by atoms with Crippen molar-refractivity contribution in [2.75, 3.05) is 25.6 Å². The third-order valence-corrected chi connectivity index (χ3v) is 6.86. The van der Waals surface area contributed by atoms with E-state index in [1.807, 2.05) is 0 Å². The number of aliphatic hydroxyl groups is 7. The Bertz CT molecular complexity index is 556. The van der Waals surface area contributed by atoms with Gasteiger partial charge in [0.15, 0.2) is 12.6 Å². The zero-order valence-electron chi connectivity index (χ0n) is 20.2. The molecule has 0 radical (unpaired) electrons. The summed E-state index contributed by atoms with van der Waals surface area (Å²) in [5.74, 6) is 0.946. The van der Waals surface area contributed by atoms with Gasteiger partial charge in [-0.15, -0.1) is 0 Å². The maximum atomic E-state index is 10.6. The molecule has 0 aliphatic carbocycles. The van der Waals surface area contributed by atoms with Gasteiger partial charge in [-0.25, -0.2) is 0 Å². The van der Waals surface area contributed by atoms with Crippen LogP contribution in [0.2, 0.25) is 0 Å². The Balaban J connectivity index is 1.74. The molecule has 0 bridgehead atoms. The van der Waals surface area contributed by atoms with E-state index in [9.17, 15) is 35.7 Å². The maximum Gasteiger partial charge on any atom is 0.187 e. The van der Waals surface area contributed by atoms with Crippen molar-refractivity contribution in [3.63, 3.8) is 0 Å². The fraction of sp³-hybridized carbons (Fsp3) is 1.00. The van der Waals surface area contributed by atoms with E-state index in [0.717, 1.165) is 31.4 Å². The van der Waals surface area contributed by atoms with Crippen LogP contribution in [0.15, 0.2) is 0 Å². The molecular weight excluding hydrogens is 484 g/mol. The first kappa shape index (κ1) is 31.1. The second kappa shape index (κ2) is 16.7. The summed E-state index contributed by atoms with van der Waals surface area (Å²) in [7, 11) is 0. The molecule has 0 spiro atoms. The summed E-state index contributed by atoms with van der Waals surface area (Å²) in [5, 5.41) is 70.1. The lowest BCUT2D eigenvalue weighted by molar-refractivity contribution is -0.359. The Morgan fingerprint density at radius 2 is 1.09 bits per heavy atom. The summed E-state index contributed by atoms with van der Waals surface area (Å²) in [6.07, 6.45) is -4.29. The Labute approximate surface area is 212 Å². The summed E-state index contributed by atoms with van der Waals surface area (Å²) in [4.78, 5) is 0. The molecule has 0 saturated carbocycles. The molecule has 2 aliphatic heterocycles. The first-order chi connectivity index (χ1) is 16.8. The van der Waals surface area contributed by atoms with Crippen LogP contribution < -0.4 is 0 Å². The van der Waals surface area contributed by atoms with Gasteiger partial charge < -0.3 is 54.7 Å². The van der Waals surface area contributed by atoms with Gasteiger partial charge in [0.05, 0.1) is 13.2 Å². The standard InChI is InChI=1S/C23H44O11S/c24-12-14-16(26)17(27)19(29)23(32-14)34-21-15(13-25)33-22(20(30)18(21)28)31-10-8-6-4-2-1-3-5-7-9-11-35/h14-30,35H,1-13H2/t14-,15-,16-,17+,18-,19-,20-,21-,22-,23-/m1/s1. The molecule has 208 valence electrons. The fourth-order valence-electron chi connectivity index (χ4n) is 4.34. The number of rotatable bonds is 16. The van der Waals surface area contributed by atoms with Gasteiger partial charge in [0, 0.05) is 6.61 Å². The lowest BCUT2D eigenvalue weighted by atomic mass is 9.97. The lowest BCUT2D eigenvalue weighted by Crippen LogP contribution is -2.64. The van der Waals surface area contributed by atoms with E-state index in [1.165, 1.54) is 32.1 Å². The molecule has 0 aromatic carbocycles. The van der Waals surface area contributed by atoms with Crippen molar-refractivity contribution in [3.05, 3.63) is 0 Å². The zero-order chi connectivity index (χ0) is 25.8. The summed E-state index contributed by atoms with van der Waals surface area (Å²) >= 11 is 4.21. The monoisotopic (exact) mass is 528 g/mol. The van der Waals surface area contributed by atoms with Crippen LogP contribution in [0, 0.1) is 0 Å². The van der Waals surface area contributed by atoms with Gasteiger partial charge >= 0.3 is 0 Å². The van der Waals surface area contributed by atoms with Gasteiger partial charge in [-0.2, -0.15) is 12.6 Å². The minimum absolute atomic E-state index is 0.312. The van der Waals surface area contributed by atoms with Crippen molar-refractivity contribution in [1.29, 1.82) is 0 Å². The van der Waals surface area contributed by atoms with Crippen LogP contribution in [0.1, 0.15) is 57.8 Å². The van der Waals surface area contributed by atoms with E-state index in [0.29, 0.717) is 6.61 Å². The van der Waals surface area contributed by atoms with Crippen molar-refractivity contribution >= 4 is 12.6 Å². The van der Waals surface area contributed by atoms with Crippen LogP contribution in [0.3, 0.4) is 0 Å². The molecule has 12 heteroatoms. The number of hydrogen-bond donors (Lipinski definition) is 8. The molecule has 0 aromatic heterocycles. The third kappa shape index (κ3) is 9.31. The summed E-state index contributed by atoms with van der Waals surface area (Å²) in [5.41, 5.74) is 0. The predicted molar refractivity (Wildman–Crippen MR) is 128 cm³/mol. The normalized spacial score (nSPS) is 38.1. The molecule has 10 atom stereocenters. The fourth-order valence-corrected chi connectivity index (χ4v) is 4.57. The molecule has 0 aromatic rings. The summed E-state index contributed by atoms with van der Waals surface area (Å²) in [6, 6.07) is 0. The van der Waals surface area contributed by atoms with Crippen LogP contribution in [0.4, 0.5) is 0 Å². The van der Waals surface area contributed by atoms with Crippen LogP contribution in [0.25, 0.3) is 0 Å². The molecule has 7 N–H and O–H groups in total. The van der Waals surface area contributed by atoms with Gasteiger partial charge in [0.2, 0.25) is 0 Å². The SMILES string of the molecule is OC[C@H]1O[C@H](O[C@H]2[C@H](O)[C@@H](O)[C@H](OCCCCCCCCCCCS)O[C@@H]2CO)[C@H](O)[C@@H](O)[C@@H]1O. The number of unbranched alkanes of at least 4 members (excludes halogenated alkanes) is 8. The van der Waals surface area contributed by atoms with E-state index in [1.54, 1.807) is 0 Å². The summed E-state index contributed by atoms with van der Waals surface area (Å²) in [6.45, 7) is -0.917. The topological polar surface area (TPSA) is 179 Å². The Morgan fingerprint density at radius 1 is 0.571 bits per heavy atom. The van der Waals surface area contributed by atoms with Crippen molar-refractivity contribution in [2.45, 2.75) is 119 Å². The molecule has 2 rings (SSSR count). The highest BCUT2D eigenvalue weighted by Gasteiger charge is 2.50. The third-order valence-electron chi connectivity index (χ3n) is 6.54. The molecule has 35 heavy (non-hydrogen) atoms. The molecular formula is C23H44O11S. The van der Waals surface area contributed by atoms with Gasteiger partial charge in [-0.3, -0.25) is 0 Å². The quantitative estimate of drug-likeness (QED) is 0.0916. The Kier molecular flexibility index (Phi) is 14.8. The van der Waals surface area contributed by atoms with Crippen molar-refractivity contribution in [3.8, 4) is 0 Å². The Hall–Kier alpha value is -0.0900. The highest BCUT2D eigenvalue weighted by molar-refractivity contribution is 7.80. The van der Waals surface area contributed by atoms with Crippen LogP contribution in [-0.2, 0) is 18.9 Å². The number of hydrogen-bond acceptors (Lipinski definition) is 12. The van der Waals surface area contributed by atoms with E-state index < -0.39 is 74.6 Å². The molecule has 0 unspecified atom stereocenters. The highest BCUT2D eigenvalue weighted by atomic mass is 32.1. The van der Waals surface area contributed by atoms with Crippen molar-refractivity contribution in [1.82, 2.24) is 0 Å². The largest absolute Gasteiger partial charge is 0.394 e. The van der Waals surface area contributed by atoms with E-state index in [-0.39, 0.29) is 0 Å². The van der Waals surface area contributed by atoms with Gasteiger partial charge in [0.25, 0.3) is 0 Å². The predicted octanol–water partition coefficient (Wildman–Crippen LogP) is -0.932. The molecule has 2 aliphatic rings. The second-order valence-corrected chi connectivity index (χ2v) is 9.73. The molecule has 2 heterocycles. The molecule has 11 nitrogen and oxygen atoms in total. The smallest absolute Gasteiger partial charge is 0.187 e. The van der Waals surface area contributed by atoms with Crippen LogP contribution in [-0.4, -0.2) is 123 Å². The van der Waals surface area contributed by atoms with Gasteiger partial charge in [0.1, 0.15) is 48.8 Å². The van der Waals surface area contributed by atoms with Crippen molar-refractivity contribution in [2.24, 2.45) is 0 Å². The first-order valence-electron chi connectivity index (χ1n) is 12.7. The molecule has 0 amide bonds.